The molecule has 2 aromatic carbocycles. The van der Waals surface area contributed by atoms with E-state index in [9.17, 15) is 18.3 Å². The largest absolute Gasteiger partial charge is 0.489 e. The highest BCUT2D eigenvalue weighted by Gasteiger charge is 2.33. The number of aliphatic hydroxyl groups excluding tert-OH is 1. The molecule has 1 N–H and O–H groups in total. The average Bonchev–Trinajstić information content (AvgIpc) is 2.71. The minimum atomic E-state index is -4.40. The third-order valence-electron chi connectivity index (χ3n) is 5.67. The van der Waals surface area contributed by atoms with Crippen LogP contribution in [0.25, 0.3) is 5.57 Å². The van der Waals surface area contributed by atoms with Gasteiger partial charge in [-0.25, -0.2) is 0 Å². The summed E-state index contributed by atoms with van der Waals surface area (Å²) < 4.78 is 45.9. The van der Waals surface area contributed by atoms with E-state index in [0.29, 0.717) is 12.8 Å². The topological polar surface area (TPSA) is 29.5 Å². The zero-order valence-electron chi connectivity index (χ0n) is 16.9. The average molecular weight is 404 g/mol. The summed E-state index contributed by atoms with van der Waals surface area (Å²) in [5.41, 5.74) is 4.19. The summed E-state index contributed by atoms with van der Waals surface area (Å²) >= 11 is 0. The van der Waals surface area contributed by atoms with Gasteiger partial charge in [-0.3, -0.25) is 0 Å². The van der Waals surface area contributed by atoms with E-state index in [0.717, 1.165) is 35.6 Å². The lowest BCUT2D eigenvalue weighted by atomic mass is 9.81. The van der Waals surface area contributed by atoms with Gasteiger partial charge in [0.25, 0.3) is 0 Å². The molecule has 156 valence electrons. The summed E-state index contributed by atoms with van der Waals surface area (Å²) in [5, 5.41) is 9.60. The number of ether oxygens (including phenoxy) is 1. The molecule has 1 aliphatic rings. The van der Waals surface area contributed by atoms with Gasteiger partial charge in [0, 0.05) is 6.61 Å². The molecule has 1 atom stereocenters. The number of hydrogen-bond donors (Lipinski definition) is 1. The molecule has 0 aromatic heterocycles. The van der Waals surface area contributed by atoms with Crippen LogP contribution >= 0.6 is 0 Å². The predicted octanol–water partition coefficient (Wildman–Crippen LogP) is 6.20. The standard InChI is InChI=1S/C24H27F3O2/c1-3-18-9-10-20(13-23(18)24(25,26)27)29-15-19-12-17(14-28)8-11-22(19)21-7-5-4-6-16(21)2/h4-7,9-10,13,17,28H,3,8,11-12,14-15H2,1-2H3. The highest BCUT2D eigenvalue weighted by atomic mass is 19.4. The zero-order valence-corrected chi connectivity index (χ0v) is 16.9. The molecule has 0 aliphatic heterocycles. The van der Waals surface area contributed by atoms with Crippen molar-refractivity contribution in [1.29, 1.82) is 0 Å². The van der Waals surface area contributed by atoms with Gasteiger partial charge in [-0.05, 0) is 78.5 Å². The first-order chi connectivity index (χ1) is 13.8. The summed E-state index contributed by atoms with van der Waals surface area (Å²) in [4.78, 5) is 0. The van der Waals surface area contributed by atoms with Gasteiger partial charge in [-0.2, -0.15) is 13.2 Å². The zero-order chi connectivity index (χ0) is 21.0. The first kappa shape index (κ1) is 21.4. The SMILES string of the molecule is CCc1ccc(OCC2=C(c3ccccc3C)CCC(CO)C2)cc1C(F)(F)F. The Bertz CT molecular complexity index is 884. The van der Waals surface area contributed by atoms with Crippen molar-refractivity contribution in [3.8, 4) is 5.75 Å². The molecule has 1 aliphatic carbocycles. The van der Waals surface area contributed by atoms with Crippen LogP contribution in [-0.2, 0) is 12.6 Å². The lowest BCUT2D eigenvalue weighted by Gasteiger charge is -2.27. The molecule has 5 heteroatoms. The van der Waals surface area contributed by atoms with Crippen LogP contribution in [0.15, 0.2) is 48.0 Å². The predicted molar refractivity (Wildman–Crippen MR) is 109 cm³/mol. The monoisotopic (exact) mass is 404 g/mol. The summed E-state index contributed by atoms with van der Waals surface area (Å²) in [7, 11) is 0. The van der Waals surface area contributed by atoms with Crippen LogP contribution in [-0.4, -0.2) is 18.3 Å². The fourth-order valence-corrected chi connectivity index (χ4v) is 4.03. The summed E-state index contributed by atoms with van der Waals surface area (Å²) in [5.74, 6) is 0.381. The van der Waals surface area contributed by atoms with Crippen molar-refractivity contribution in [3.05, 3.63) is 70.3 Å². The van der Waals surface area contributed by atoms with Gasteiger partial charge in [0.15, 0.2) is 0 Å². The molecule has 0 heterocycles. The third kappa shape index (κ3) is 5.02. The van der Waals surface area contributed by atoms with E-state index in [1.54, 1.807) is 13.0 Å². The molecular weight excluding hydrogens is 377 g/mol. The van der Waals surface area contributed by atoms with Crippen LogP contribution in [0.1, 0.15) is 48.4 Å². The van der Waals surface area contributed by atoms with Crippen molar-refractivity contribution >= 4 is 5.57 Å². The van der Waals surface area contributed by atoms with E-state index >= 15 is 0 Å². The maximum Gasteiger partial charge on any atom is 0.416 e. The molecule has 0 saturated heterocycles. The fourth-order valence-electron chi connectivity index (χ4n) is 4.03. The van der Waals surface area contributed by atoms with Crippen LogP contribution in [0.5, 0.6) is 5.75 Å². The van der Waals surface area contributed by atoms with E-state index in [1.165, 1.54) is 11.6 Å². The number of alkyl halides is 3. The number of allylic oxidation sites excluding steroid dienone is 1. The molecule has 3 rings (SSSR count). The van der Waals surface area contributed by atoms with E-state index in [2.05, 4.69) is 19.1 Å². The number of aliphatic hydroxyl groups is 1. The Morgan fingerprint density at radius 3 is 2.55 bits per heavy atom. The lowest BCUT2D eigenvalue weighted by Crippen LogP contribution is -2.18. The first-order valence-electron chi connectivity index (χ1n) is 10.0. The summed E-state index contributed by atoms with van der Waals surface area (Å²) in [6.07, 6.45) is -1.66. The Labute approximate surface area is 170 Å². The Morgan fingerprint density at radius 2 is 1.90 bits per heavy atom. The van der Waals surface area contributed by atoms with Crippen molar-refractivity contribution in [1.82, 2.24) is 0 Å². The second-order valence-corrected chi connectivity index (χ2v) is 7.65. The van der Waals surface area contributed by atoms with Gasteiger partial charge in [0.05, 0.1) is 5.56 Å². The van der Waals surface area contributed by atoms with Gasteiger partial charge < -0.3 is 9.84 Å². The molecule has 2 nitrogen and oxygen atoms in total. The third-order valence-corrected chi connectivity index (χ3v) is 5.67. The molecule has 29 heavy (non-hydrogen) atoms. The molecule has 1 unspecified atom stereocenters. The van der Waals surface area contributed by atoms with Crippen molar-refractivity contribution in [2.75, 3.05) is 13.2 Å². The highest BCUT2D eigenvalue weighted by Crippen LogP contribution is 2.38. The Kier molecular flexibility index (Phi) is 6.68. The van der Waals surface area contributed by atoms with Crippen molar-refractivity contribution in [2.24, 2.45) is 5.92 Å². The van der Waals surface area contributed by atoms with Gasteiger partial charge in [0.2, 0.25) is 0 Å². The normalized spacial score (nSPS) is 17.5. The molecule has 0 fully saturated rings. The van der Waals surface area contributed by atoms with Crippen molar-refractivity contribution in [2.45, 2.75) is 45.7 Å². The van der Waals surface area contributed by atoms with E-state index in [1.807, 2.05) is 12.1 Å². The second-order valence-electron chi connectivity index (χ2n) is 7.65. The smallest absolute Gasteiger partial charge is 0.416 e. The number of halogens is 3. The molecular formula is C24H27F3O2. The van der Waals surface area contributed by atoms with Gasteiger partial charge in [-0.1, -0.05) is 37.3 Å². The van der Waals surface area contributed by atoms with Crippen molar-refractivity contribution in [3.63, 3.8) is 0 Å². The summed E-state index contributed by atoms with van der Waals surface area (Å²) in [6.45, 7) is 4.09. The van der Waals surface area contributed by atoms with Gasteiger partial charge in [-0.15, -0.1) is 0 Å². The van der Waals surface area contributed by atoms with Crippen LogP contribution < -0.4 is 4.74 Å². The van der Waals surface area contributed by atoms with Gasteiger partial charge >= 0.3 is 6.18 Å². The van der Waals surface area contributed by atoms with E-state index < -0.39 is 11.7 Å². The minimum Gasteiger partial charge on any atom is -0.489 e. The number of aryl methyl sites for hydroxylation is 2. The lowest BCUT2D eigenvalue weighted by molar-refractivity contribution is -0.138. The minimum absolute atomic E-state index is 0.105. The molecule has 0 saturated carbocycles. The molecule has 2 aromatic rings. The van der Waals surface area contributed by atoms with Crippen LogP contribution in [0.2, 0.25) is 0 Å². The molecule has 0 spiro atoms. The van der Waals surface area contributed by atoms with Crippen LogP contribution in [0, 0.1) is 12.8 Å². The Balaban J connectivity index is 1.89. The quantitative estimate of drug-likeness (QED) is 0.621. The van der Waals surface area contributed by atoms with E-state index in [4.69, 9.17) is 4.74 Å². The molecule has 0 bridgehead atoms. The summed E-state index contributed by atoms with van der Waals surface area (Å²) in [6, 6.07) is 12.3. The second kappa shape index (κ2) is 9.04. The number of hydrogen-bond acceptors (Lipinski definition) is 2. The van der Waals surface area contributed by atoms with Crippen LogP contribution in [0.4, 0.5) is 13.2 Å². The Hall–Kier alpha value is -2.27. The van der Waals surface area contributed by atoms with Crippen LogP contribution in [0.3, 0.4) is 0 Å². The maximum absolute atomic E-state index is 13.3. The fraction of sp³-hybridized carbons (Fsp3) is 0.417. The highest BCUT2D eigenvalue weighted by molar-refractivity contribution is 5.72. The molecule has 0 radical (unpaired) electrons. The Morgan fingerprint density at radius 1 is 1.14 bits per heavy atom. The van der Waals surface area contributed by atoms with E-state index in [-0.39, 0.29) is 30.4 Å². The maximum atomic E-state index is 13.3. The first-order valence-corrected chi connectivity index (χ1v) is 10.0. The van der Waals surface area contributed by atoms with Crippen molar-refractivity contribution < 1.29 is 23.0 Å². The number of rotatable bonds is 6. The molecule has 0 amide bonds. The van der Waals surface area contributed by atoms with Gasteiger partial charge in [0.1, 0.15) is 12.4 Å². The number of benzene rings is 2.